The van der Waals surface area contributed by atoms with Crippen molar-refractivity contribution in [2.45, 2.75) is 18.9 Å². The van der Waals surface area contributed by atoms with Crippen LogP contribution in [0.4, 0.5) is 4.39 Å². The maximum absolute atomic E-state index is 13.0. The summed E-state index contributed by atoms with van der Waals surface area (Å²) in [5, 5.41) is 3.37. The van der Waals surface area contributed by atoms with Gasteiger partial charge in [0, 0.05) is 12.1 Å². The Morgan fingerprint density at radius 2 is 1.83 bits per heavy atom. The predicted molar refractivity (Wildman–Crippen MR) is 86.2 cm³/mol. The lowest BCUT2D eigenvalue weighted by atomic mass is 10.1. The van der Waals surface area contributed by atoms with Crippen molar-refractivity contribution in [3.63, 3.8) is 0 Å². The minimum atomic E-state index is -0.272. The summed E-state index contributed by atoms with van der Waals surface area (Å²) in [5.41, 5.74) is 1.94. The molecule has 5 heteroatoms. The number of hydrogen-bond acceptors (Lipinski definition) is 3. The largest absolute Gasteiger partial charge is 0.457 e. The molecule has 23 heavy (non-hydrogen) atoms. The van der Waals surface area contributed by atoms with Crippen LogP contribution in [0.3, 0.4) is 0 Å². The Kier molecular flexibility index (Phi) is 3.71. The van der Waals surface area contributed by atoms with Crippen LogP contribution in [0.1, 0.15) is 18.9 Å². The van der Waals surface area contributed by atoms with E-state index < -0.39 is 0 Å². The minimum absolute atomic E-state index is 0.272. The van der Waals surface area contributed by atoms with Gasteiger partial charge in [-0.25, -0.2) is 9.37 Å². The summed E-state index contributed by atoms with van der Waals surface area (Å²) < 4.78 is 20.9. The third-order valence-electron chi connectivity index (χ3n) is 4.21. The van der Waals surface area contributed by atoms with E-state index in [-0.39, 0.29) is 5.82 Å². The first kappa shape index (κ1) is 14.2. The molecule has 4 nitrogen and oxygen atoms in total. The Morgan fingerprint density at radius 1 is 1.09 bits per heavy atom. The van der Waals surface area contributed by atoms with E-state index in [2.05, 4.69) is 21.2 Å². The molecule has 3 aromatic rings. The van der Waals surface area contributed by atoms with Gasteiger partial charge in [0.25, 0.3) is 0 Å². The summed E-state index contributed by atoms with van der Waals surface area (Å²) in [6.45, 7) is 2.04. The number of piperidine rings is 1. The van der Waals surface area contributed by atoms with Crippen LogP contribution in [0.5, 0.6) is 11.5 Å². The summed E-state index contributed by atoms with van der Waals surface area (Å²) in [5.74, 6) is 1.06. The van der Waals surface area contributed by atoms with Gasteiger partial charge in [-0.1, -0.05) is 0 Å². The molecule has 1 aliphatic heterocycles. The summed E-state index contributed by atoms with van der Waals surface area (Å²) in [4.78, 5) is 4.37. The van der Waals surface area contributed by atoms with Gasteiger partial charge in [-0.2, -0.15) is 0 Å². The molecule has 2 aromatic carbocycles. The Morgan fingerprint density at radius 3 is 2.61 bits per heavy atom. The number of rotatable bonds is 3. The van der Waals surface area contributed by atoms with Gasteiger partial charge in [0.1, 0.15) is 17.3 Å². The Balaban J connectivity index is 1.64. The SMILES string of the molecule is Fc1ccc(Oc2ccc3n[c]n(C4CCNCC4)c3c2)cc1. The summed E-state index contributed by atoms with van der Waals surface area (Å²) in [6.07, 6.45) is 5.26. The molecule has 1 N–H and O–H groups in total. The molecule has 0 aliphatic carbocycles. The number of aromatic nitrogens is 2. The molecule has 0 spiro atoms. The van der Waals surface area contributed by atoms with E-state index in [1.54, 1.807) is 12.1 Å². The van der Waals surface area contributed by atoms with Gasteiger partial charge in [0.15, 0.2) is 6.33 Å². The first-order valence-corrected chi connectivity index (χ1v) is 7.83. The smallest absolute Gasteiger partial charge is 0.177 e. The predicted octanol–water partition coefficient (Wildman–Crippen LogP) is 3.69. The van der Waals surface area contributed by atoms with Gasteiger partial charge < -0.3 is 14.6 Å². The Labute approximate surface area is 133 Å². The summed E-state index contributed by atoms with van der Waals surface area (Å²) in [6, 6.07) is 12.2. The number of nitrogens with zero attached hydrogens (tertiary/aromatic N) is 2. The fourth-order valence-electron chi connectivity index (χ4n) is 3.00. The Bertz CT molecular complexity index is 807. The van der Waals surface area contributed by atoms with Crippen LogP contribution >= 0.6 is 0 Å². The molecule has 0 saturated carbocycles. The van der Waals surface area contributed by atoms with Crippen molar-refractivity contribution in [2.24, 2.45) is 0 Å². The van der Waals surface area contributed by atoms with Crippen molar-refractivity contribution < 1.29 is 9.13 Å². The van der Waals surface area contributed by atoms with Crippen LogP contribution in [0.2, 0.25) is 0 Å². The maximum Gasteiger partial charge on any atom is 0.177 e. The van der Waals surface area contributed by atoms with Gasteiger partial charge in [0.05, 0.1) is 11.0 Å². The number of imidazole rings is 1. The fourth-order valence-corrected chi connectivity index (χ4v) is 3.00. The van der Waals surface area contributed by atoms with Crippen molar-refractivity contribution in [1.82, 2.24) is 14.9 Å². The molecule has 0 unspecified atom stereocenters. The van der Waals surface area contributed by atoms with Gasteiger partial charge in [-0.3, -0.25) is 0 Å². The van der Waals surface area contributed by atoms with Crippen molar-refractivity contribution in [2.75, 3.05) is 13.1 Å². The van der Waals surface area contributed by atoms with Gasteiger partial charge in [-0.05, 0) is 62.3 Å². The lowest BCUT2D eigenvalue weighted by molar-refractivity contribution is 0.373. The highest BCUT2D eigenvalue weighted by atomic mass is 19.1. The van der Waals surface area contributed by atoms with E-state index in [0.717, 1.165) is 37.0 Å². The van der Waals surface area contributed by atoms with Crippen LogP contribution in [-0.4, -0.2) is 22.6 Å². The Hall–Kier alpha value is -2.40. The highest BCUT2D eigenvalue weighted by molar-refractivity contribution is 5.77. The second-order valence-corrected chi connectivity index (χ2v) is 5.77. The van der Waals surface area contributed by atoms with Crippen LogP contribution in [0, 0.1) is 12.1 Å². The quantitative estimate of drug-likeness (QED) is 0.802. The topological polar surface area (TPSA) is 39.1 Å². The number of fused-ring (bicyclic) bond motifs is 1. The molecule has 1 radical (unpaired) electrons. The van der Waals surface area contributed by atoms with Crippen molar-refractivity contribution in [3.05, 3.63) is 54.6 Å². The number of hydrogen-bond donors (Lipinski definition) is 1. The molecule has 117 valence electrons. The third kappa shape index (κ3) is 2.92. The van der Waals surface area contributed by atoms with E-state index in [1.807, 2.05) is 18.2 Å². The molecular weight excluding hydrogens is 293 g/mol. The zero-order valence-electron chi connectivity index (χ0n) is 12.6. The molecule has 2 heterocycles. The van der Waals surface area contributed by atoms with Crippen LogP contribution in [-0.2, 0) is 0 Å². The van der Waals surface area contributed by atoms with Crippen LogP contribution in [0.25, 0.3) is 11.0 Å². The summed E-state index contributed by atoms with van der Waals surface area (Å²) >= 11 is 0. The monoisotopic (exact) mass is 310 g/mol. The van der Waals surface area contributed by atoms with Crippen molar-refractivity contribution in [3.8, 4) is 11.5 Å². The molecule has 1 aromatic heterocycles. The standard InChI is InChI=1S/C18H17FN3O/c19-13-1-3-15(4-2-13)23-16-5-6-17-18(11-16)22(12-21-17)14-7-9-20-10-8-14/h1-6,11,14,20H,7-10H2. The normalized spacial score (nSPS) is 15.9. The molecule has 1 aliphatic rings. The van der Waals surface area contributed by atoms with E-state index in [4.69, 9.17) is 4.74 Å². The third-order valence-corrected chi connectivity index (χ3v) is 4.21. The maximum atomic E-state index is 13.0. The minimum Gasteiger partial charge on any atom is -0.457 e. The van der Waals surface area contributed by atoms with Gasteiger partial charge in [-0.15, -0.1) is 0 Å². The molecule has 0 bridgehead atoms. The van der Waals surface area contributed by atoms with E-state index in [1.165, 1.54) is 12.1 Å². The molecular formula is C18H17FN3O. The lowest BCUT2D eigenvalue weighted by Crippen LogP contribution is -2.29. The second-order valence-electron chi connectivity index (χ2n) is 5.77. The molecule has 1 saturated heterocycles. The zero-order chi connectivity index (χ0) is 15.6. The van der Waals surface area contributed by atoms with Crippen LogP contribution < -0.4 is 10.1 Å². The first-order chi connectivity index (χ1) is 11.3. The molecule has 1 fully saturated rings. The second kappa shape index (κ2) is 6.01. The highest BCUT2D eigenvalue weighted by Crippen LogP contribution is 2.29. The van der Waals surface area contributed by atoms with Gasteiger partial charge in [0.2, 0.25) is 0 Å². The van der Waals surface area contributed by atoms with E-state index in [9.17, 15) is 4.39 Å². The number of ether oxygens (including phenoxy) is 1. The van der Waals surface area contributed by atoms with Gasteiger partial charge >= 0.3 is 0 Å². The number of halogens is 1. The van der Waals surface area contributed by atoms with E-state index >= 15 is 0 Å². The van der Waals surface area contributed by atoms with Crippen molar-refractivity contribution in [1.29, 1.82) is 0 Å². The number of benzene rings is 2. The first-order valence-electron chi connectivity index (χ1n) is 7.83. The van der Waals surface area contributed by atoms with E-state index in [0.29, 0.717) is 17.5 Å². The highest BCUT2D eigenvalue weighted by Gasteiger charge is 2.17. The zero-order valence-corrected chi connectivity index (χ0v) is 12.6. The molecule has 0 amide bonds. The summed E-state index contributed by atoms with van der Waals surface area (Å²) in [7, 11) is 0. The van der Waals surface area contributed by atoms with Crippen molar-refractivity contribution >= 4 is 11.0 Å². The number of nitrogens with one attached hydrogen (secondary N) is 1. The fraction of sp³-hybridized carbons (Fsp3) is 0.278. The molecule has 0 atom stereocenters. The average Bonchev–Trinajstić information content (AvgIpc) is 3.01. The van der Waals surface area contributed by atoms with Crippen LogP contribution in [0.15, 0.2) is 42.5 Å². The molecule has 4 rings (SSSR count). The average molecular weight is 310 g/mol. The lowest BCUT2D eigenvalue weighted by Gasteiger charge is -2.24.